The van der Waals surface area contributed by atoms with Gasteiger partial charge in [-0.3, -0.25) is 4.79 Å². The van der Waals surface area contributed by atoms with Crippen LogP contribution in [0.25, 0.3) is 0 Å². The van der Waals surface area contributed by atoms with Gasteiger partial charge in [-0.2, -0.15) is 0 Å². The molecule has 0 fully saturated rings. The van der Waals surface area contributed by atoms with E-state index in [2.05, 4.69) is 42.7 Å². The summed E-state index contributed by atoms with van der Waals surface area (Å²) in [5.41, 5.74) is 2.66. The van der Waals surface area contributed by atoms with Crippen LogP contribution in [0.2, 0.25) is 0 Å². The third-order valence-electron chi connectivity index (χ3n) is 2.97. The van der Waals surface area contributed by atoms with Gasteiger partial charge in [0, 0.05) is 6.54 Å². The molecule has 0 heterocycles. The summed E-state index contributed by atoms with van der Waals surface area (Å²) < 4.78 is 0. The number of carbonyl (C=O) groups excluding carboxylic acids is 1. The molecule has 1 rings (SSSR count). The SMILES string of the molecule is CCCCNC(=O)CNCCc1ccccc1C. The van der Waals surface area contributed by atoms with Crippen LogP contribution in [0.5, 0.6) is 0 Å². The van der Waals surface area contributed by atoms with Crippen molar-refractivity contribution in [3.63, 3.8) is 0 Å². The van der Waals surface area contributed by atoms with Gasteiger partial charge >= 0.3 is 0 Å². The topological polar surface area (TPSA) is 41.1 Å². The maximum absolute atomic E-state index is 11.4. The zero-order valence-electron chi connectivity index (χ0n) is 11.5. The molecule has 100 valence electrons. The van der Waals surface area contributed by atoms with E-state index in [0.717, 1.165) is 32.4 Å². The monoisotopic (exact) mass is 248 g/mol. The minimum atomic E-state index is 0.0910. The summed E-state index contributed by atoms with van der Waals surface area (Å²) in [6.07, 6.45) is 3.13. The highest BCUT2D eigenvalue weighted by molar-refractivity contribution is 5.77. The standard InChI is InChI=1S/C15H24N2O/c1-3-4-10-17-15(18)12-16-11-9-14-8-6-5-7-13(14)2/h5-8,16H,3-4,9-12H2,1-2H3,(H,17,18). The van der Waals surface area contributed by atoms with Gasteiger partial charge in [0.05, 0.1) is 6.54 Å². The van der Waals surface area contributed by atoms with Gasteiger partial charge < -0.3 is 10.6 Å². The van der Waals surface area contributed by atoms with Crippen LogP contribution < -0.4 is 10.6 Å². The lowest BCUT2D eigenvalue weighted by Crippen LogP contribution is -2.35. The van der Waals surface area contributed by atoms with E-state index in [9.17, 15) is 4.79 Å². The fraction of sp³-hybridized carbons (Fsp3) is 0.533. The summed E-state index contributed by atoms with van der Waals surface area (Å²) in [5, 5.41) is 6.07. The number of unbranched alkanes of at least 4 members (excludes halogenated alkanes) is 1. The van der Waals surface area contributed by atoms with Crippen LogP contribution >= 0.6 is 0 Å². The highest BCUT2D eigenvalue weighted by Crippen LogP contribution is 2.06. The molecule has 0 aliphatic carbocycles. The second-order valence-corrected chi connectivity index (χ2v) is 4.56. The molecular formula is C15H24N2O. The van der Waals surface area contributed by atoms with Crippen molar-refractivity contribution in [1.29, 1.82) is 0 Å². The average molecular weight is 248 g/mol. The maximum atomic E-state index is 11.4. The van der Waals surface area contributed by atoms with E-state index >= 15 is 0 Å². The molecule has 1 amide bonds. The van der Waals surface area contributed by atoms with Crippen LogP contribution in [0, 0.1) is 6.92 Å². The lowest BCUT2D eigenvalue weighted by Gasteiger charge is -2.07. The van der Waals surface area contributed by atoms with Crippen molar-refractivity contribution in [1.82, 2.24) is 10.6 Å². The van der Waals surface area contributed by atoms with Gasteiger partial charge in [-0.25, -0.2) is 0 Å². The third-order valence-corrected chi connectivity index (χ3v) is 2.97. The summed E-state index contributed by atoms with van der Waals surface area (Å²) in [6.45, 7) is 6.27. The first-order valence-electron chi connectivity index (χ1n) is 6.76. The number of amides is 1. The molecule has 1 aromatic rings. The largest absolute Gasteiger partial charge is 0.355 e. The first-order chi connectivity index (χ1) is 8.74. The van der Waals surface area contributed by atoms with Crippen LogP contribution in [0.15, 0.2) is 24.3 Å². The summed E-state index contributed by atoms with van der Waals surface area (Å²) >= 11 is 0. The number of hydrogen-bond donors (Lipinski definition) is 2. The zero-order chi connectivity index (χ0) is 13.2. The molecule has 0 bridgehead atoms. The normalized spacial score (nSPS) is 10.3. The molecule has 0 aromatic heterocycles. The van der Waals surface area contributed by atoms with Crippen LogP contribution in [0.1, 0.15) is 30.9 Å². The van der Waals surface area contributed by atoms with Crippen molar-refractivity contribution in [2.45, 2.75) is 33.1 Å². The number of benzene rings is 1. The van der Waals surface area contributed by atoms with Crippen molar-refractivity contribution in [3.8, 4) is 0 Å². The molecule has 1 aromatic carbocycles. The lowest BCUT2D eigenvalue weighted by atomic mass is 10.1. The van der Waals surface area contributed by atoms with Crippen molar-refractivity contribution >= 4 is 5.91 Å². The Morgan fingerprint density at radius 1 is 1.22 bits per heavy atom. The first kappa shape index (κ1) is 14.7. The molecule has 3 heteroatoms. The van der Waals surface area contributed by atoms with Crippen LogP contribution in [0.3, 0.4) is 0 Å². The molecule has 3 nitrogen and oxygen atoms in total. The van der Waals surface area contributed by atoms with Gasteiger partial charge in [-0.15, -0.1) is 0 Å². The number of nitrogens with one attached hydrogen (secondary N) is 2. The Hall–Kier alpha value is -1.35. The molecule has 0 saturated carbocycles. The van der Waals surface area contributed by atoms with Crippen molar-refractivity contribution in [3.05, 3.63) is 35.4 Å². The Labute approximate surface area is 110 Å². The van der Waals surface area contributed by atoms with Gasteiger partial charge in [0.1, 0.15) is 0 Å². The predicted octanol–water partition coefficient (Wildman–Crippen LogP) is 2.04. The van der Waals surface area contributed by atoms with Gasteiger partial charge in [-0.05, 0) is 37.4 Å². The summed E-state index contributed by atoms with van der Waals surface area (Å²) in [5.74, 6) is 0.0910. The Kier molecular flexibility index (Phi) is 7.11. The lowest BCUT2D eigenvalue weighted by molar-refractivity contribution is -0.120. The molecule has 0 radical (unpaired) electrons. The van der Waals surface area contributed by atoms with E-state index in [0.29, 0.717) is 6.54 Å². The van der Waals surface area contributed by atoms with E-state index in [4.69, 9.17) is 0 Å². The Balaban J connectivity index is 2.12. The van der Waals surface area contributed by atoms with Crippen molar-refractivity contribution < 1.29 is 4.79 Å². The maximum Gasteiger partial charge on any atom is 0.233 e. The highest BCUT2D eigenvalue weighted by Gasteiger charge is 2.00. The third kappa shape index (κ3) is 5.82. The predicted molar refractivity (Wildman–Crippen MR) is 75.7 cm³/mol. The van der Waals surface area contributed by atoms with Gasteiger partial charge in [0.15, 0.2) is 0 Å². The fourth-order valence-corrected chi connectivity index (χ4v) is 1.78. The molecule has 18 heavy (non-hydrogen) atoms. The quantitative estimate of drug-likeness (QED) is 0.691. The van der Waals surface area contributed by atoms with Gasteiger partial charge in [0.2, 0.25) is 5.91 Å². The smallest absolute Gasteiger partial charge is 0.233 e. The number of aryl methyl sites for hydroxylation is 1. The molecule has 0 saturated heterocycles. The zero-order valence-corrected chi connectivity index (χ0v) is 11.5. The molecule has 0 spiro atoms. The number of rotatable bonds is 8. The second kappa shape index (κ2) is 8.70. The van der Waals surface area contributed by atoms with Crippen molar-refractivity contribution in [2.24, 2.45) is 0 Å². The van der Waals surface area contributed by atoms with E-state index < -0.39 is 0 Å². The van der Waals surface area contributed by atoms with Crippen LogP contribution in [-0.4, -0.2) is 25.5 Å². The Bertz CT molecular complexity index is 363. The Morgan fingerprint density at radius 2 is 2.00 bits per heavy atom. The molecule has 0 aliphatic heterocycles. The van der Waals surface area contributed by atoms with Crippen molar-refractivity contribution in [2.75, 3.05) is 19.6 Å². The van der Waals surface area contributed by atoms with Gasteiger partial charge in [0.25, 0.3) is 0 Å². The second-order valence-electron chi connectivity index (χ2n) is 4.56. The summed E-state index contributed by atoms with van der Waals surface area (Å²) in [7, 11) is 0. The minimum absolute atomic E-state index is 0.0910. The van der Waals surface area contributed by atoms with Gasteiger partial charge in [-0.1, -0.05) is 37.6 Å². The summed E-state index contributed by atoms with van der Waals surface area (Å²) in [4.78, 5) is 11.4. The average Bonchev–Trinajstić information content (AvgIpc) is 2.37. The molecule has 0 atom stereocenters. The number of hydrogen-bond acceptors (Lipinski definition) is 2. The van der Waals surface area contributed by atoms with E-state index in [1.807, 2.05) is 6.07 Å². The fourth-order valence-electron chi connectivity index (χ4n) is 1.78. The Morgan fingerprint density at radius 3 is 2.72 bits per heavy atom. The van der Waals surface area contributed by atoms with E-state index in [1.165, 1.54) is 11.1 Å². The van der Waals surface area contributed by atoms with Crippen LogP contribution in [0.4, 0.5) is 0 Å². The molecule has 0 unspecified atom stereocenters. The first-order valence-corrected chi connectivity index (χ1v) is 6.76. The number of carbonyl (C=O) groups is 1. The molecule has 2 N–H and O–H groups in total. The molecular weight excluding hydrogens is 224 g/mol. The van der Waals surface area contributed by atoms with Crippen LogP contribution in [-0.2, 0) is 11.2 Å². The highest BCUT2D eigenvalue weighted by atomic mass is 16.1. The van der Waals surface area contributed by atoms with E-state index in [-0.39, 0.29) is 5.91 Å². The minimum Gasteiger partial charge on any atom is -0.355 e. The summed E-state index contributed by atoms with van der Waals surface area (Å²) in [6, 6.07) is 8.36. The molecule has 0 aliphatic rings. The van der Waals surface area contributed by atoms with E-state index in [1.54, 1.807) is 0 Å².